The van der Waals surface area contributed by atoms with Crippen molar-refractivity contribution in [3.8, 4) is 0 Å². The quantitative estimate of drug-likeness (QED) is 0.487. The van der Waals surface area contributed by atoms with Crippen molar-refractivity contribution in [1.29, 1.82) is 0 Å². The van der Waals surface area contributed by atoms with Crippen molar-refractivity contribution in [3.63, 3.8) is 0 Å². The van der Waals surface area contributed by atoms with Gasteiger partial charge in [0.1, 0.15) is 5.78 Å². The summed E-state index contributed by atoms with van der Waals surface area (Å²) in [4.78, 5) is 12.9. The standard InChI is InChI=1S/C30H50O2/c1-19(18-31)20-10-13-27(4)16-17-29(6)21(25(20)27)8-9-23-28(5)14-12-24(32)26(2,3)22(28)11-15-30(23,29)7/h19-23,25,31H,8-18H2,1-7H3/t19-,20+,21-,22+,23-,25-,27-,28+,29-,30-/m1/s1. The number of fused-ring (bicyclic) bond motifs is 7. The first-order valence-corrected chi connectivity index (χ1v) is 14.0. The SMILES string of the molecule is C[C@H](CO)[C@@H]1CC[C@]2(C)CC[C@]3(C)[C@H](CC[C@@H]4[C@@]5(C)CCC(=O)C(C)(C)[C@@H]5CC[C@]43C)[C@@H]12. The molecule has 32 heavy (non-hydrogen) atoms. The third kappa shape index (κ3) is 2.71. The fourth-order valence-corrected chi connectivity index (χ4v) is 11.6. The maximum atomic E-state index is 12.9. The van der Waals surface area contributed by atoms with E-state index in [0.29, 0.717) is 51.8 Å². The van der Waals surface area contributed by atoms with E-state index < -0.39 is 0 Å². The zero-order valence-electron chi connectivity index (χ0n) is 22.1. The number of carbonyl (C=O) groups is 1. The second-order valence-corrected chi connectivity index (χ2v) is 14.9. The van der Waals surface area contributed by atoms with Crippen LogP contribution in [0.25, 0.3) is 0 Å². The van der Waals surface area contributed by atoms with E-state index >= 15 is 0 Å². The molecular weight excluding hydrogens is 392 g/mol. The molecule has 0 aromatic rings. The molecule has 2 heteroatoms. The summed E-state index contributed by atoms with van der Waals surface area (Å²) in [6, 6.07) is 0. The Morgan fingerprint density at radius 3 is 2.25 bits per heavy atom. The van der Waals surface area contributed by atoms with Gasteiger partial charge >= 0.3 is 0 Å². The van der Waals surface area contributed by atoms with Crippen LogP contribution in [0.2, 0.25) is 0 Å². The van der Waals surface area contributed by atoms with Crippen molar-refractivity contribution in [2.24, 2.45) is 62.6 Å². The lowest BCUT2D eigenvalue weighted by molar-refractivity contribution is -0.234. The molecule has 5 aliphatic rings. The van der Waals surface area contributed by atoms with Gasteiger partial charge in [-0.05, 0) is 115 Å². The van der Waals surface area contributed by atoms with E-state index in [1.165, 1.54) is 51.4 Å². The highest BCUT2D eigenvalue weighted by atomic mass is 16.3. The molecular formula is C30H50O2. The second-order valence-electron chi connectivity index (χ2n) is 14.9. The summed E-state index contributed by atoms with van der Waals surface area (Å²) in [6.07, 6.45) is 12.7. The summed E-state index contributed by atoms with van der Waals surface area (Å²) in [7, 11) is 0. The Bertz CT molecular complexity index is 786. The lowest BCUT2D eigenvalue weighted by Gasteiger charge is -2.72. The van der Waals surface area contributed by atoms with Crippen molar-refractivity contribution >= 4 is 5.78 Å². The fourth-order valence-electron chi connectivity index (χ4n) is 11.6. The molecule has 0 heterocycles. The predicted octanol–water partition coefficient (Wildman–Crippen LogP) is 7.29. The number of aliphatic hydroxyl groups excluding tert-OH is 1. The summed E-state index contributed by atoms with van der Waals surface area (Å²) >= 11 is 0. The van der Waals surface area contributed by atoms with Crippen LogP contribution in [0, 0.1) is 62.6 Å². The maximum absolute atomic E-state index is 12.9. The molecule has 0 spiro atoms. The fraction of sp³-hybridized carbons (Fsp3) is 0.967. The van der Waals surface area contributed by atoms with Crippen molar-refractivity contribution in [1.82, 2.24) is 0 Å². The highest BCUT2D eigenvalue weighted by Gasteiger charge is 2.70. The largest absolute Gasteiger partial charge is 0.396 e. The van der Waals surface area contributed by atoms with Crippen LogP contribution in [0.4, 0.5) is 0 Å². The number of rotatable bonds is 2. The molecule has 0 aromatic carbocycles. The van der Waals surface area contributed by atoms with E-state index in [1.54, 1.807) is 0 Å². The minimum Gasteiger partial charge on any atom is -0.396 e. The number of aliphatic hydroxyl groups is 1. The van der Waals surface area contributed by atoms with Gasteiger partial charge in [0.2, 0.25) is 0 Å². The third-order valence-electron chi connectivity index (χ3n) is 13.7. The van der Waals surface area contributed by atoms with E-state index in [0.717, 1.165) is 30.6 Å². The van der Waals surface area contributed by atoms with Crippen molar-refractivity contribution in [3.05, 3.63) is 0 Å². The van der Waals surface area contributed by atoms with E-state index in [9.17, 15) is 9.90 Å². The van der Waals surface area contributed by atoms with E-state index in [1.807, 2.05) is 0 Å². The minimum atomic E-state index is -0.148. The lowest BCUT2D eigenvalue weighted by Crippen LogP contribution is -2.66. The summed E-state index contributed by atoms with van der Waals surface area (Å²) in [6.45, 7) is 17.8. The highest BCUT2D eigenvalue weighted by Crippen LogP contribution is 2.77. The van der Waals surface area contributed by atoms with Crippen LogP contribution < -0.4 is 0 Å². The molecule has 2 nitrogen and oxygen atoms in total. The van der Waals surface area contributed by atoms with Gasteiger partial charge in [-0.2, -0.15) is 0 Å². The number of hydrogen-bond donors (Lipinski definition) is 1. The predicted molar refractivity (Wildman–Crippen MR) is 131 cm³/mol. The van der Waals surface area contributed by atoms with Crippen LogP contribution in [0.1, 0.15) is 113 Å². The number of hydrogen-bond acceptors (Lipinski definition) is 2. The van der Waals surface area contributed by atoms with Gasteiger partial charge in [0.15, 0.2) is 0 Å². The van der Waals surface area contributed by atoms with Gasteiger partial charge in [0, 0.05) is 18.4 Å². The molecule has 1 N–H and O–H groups in total. The van der Waals surface area contributed by atoms with Gasteiger partial charge in [-0.3, -0.25) is 4.79 Å². The van der Waals surface area contributed by atoms with Crippen LogP contribution in [0.5, 0.6) is 0 Å². The van der Waals surface area contributed by atoms with Gasteiger partial charge in [-0.1, -0.05) is 48.5 Å². The van der Waals surface area contributed by atoms with Gasteiger partial charge in [-0.15, -0.1) is 0 Å². The Balaban J connectivity index is 1.53. The molecule has 0 bridgehead atoms. The molecule has 0 radical (unpaired) electrons. The van der Waals surface area contributed by atoms with Gasteiger partial charge in [-0.25, -0.2) is 0 Å². The number of Topliss-reactive ketones (excluding diaryl/α,β-unsaturated/α-hetero) is 1. The molecule has 5 fully saturated rings. The molecule has 5 aliphatic carbocycles. The molecule has 0 saturated heterocycles. The second kappa shape index (κ2) is 7.08. The first kappa shape index (κ1) is 23.4. The van der Waals surface area contributed by atoms with Crippen LogP contribution in [-0.2, 0) is 4.79 Å². The molecule has 10 atom stereocenters. The average molecular weight is 443 g/mol. The Hall–Kier alpha value is -0.370. The van der Waals surface area contributed by atoms with Crippen molar-refractivity contribution in [2.45, 2.75) is 113 Å². The smallest absolute Gasteiger partial charge is 0.138 e. The number of carbonyl (C=O) groups excluding carboxylic acids is 1. The van der Waals surface area contributed by atoms with Crippen LogP contribution in [0.3, 0.4) is 0 Å². The molecule has 5 saturated carbocycles. The summed E-state index contributed by atoms with van der Waals surface area (Å²) in [5.41, 5.74) is 1.44. The van der Waals surface area contributed by atoms with Crippen LogP contribution >= 0.6 is 0 Å². The van der Waals surface area contributed by atoms with Crippen molar-refractivity contribution < 1.29 is 9.90 Å². The third-order valence-corrected chi connectivity index (χ3v) is 13.7. The first-order valence-electron chi connectivity index (χ1n) is 14.0. The van der Waals surface area contributed by atoms with E-state index in [2.05, 4.69) is 48.5 Å². The van der Waals surface area contributed by atoms with E-state index in [4.69, 9.17) is 0 Å². The highest BCUT2D eigenvalue weighted by molar-refractivity contribution is 5.85. The topological polar surface area (TPSA) is 37.3 Å². The summed E-state index contributed by atoms with van der Waals surface area (Å²) in [5.74, 6) is 4.56. The Labute approximate surface area is 197 Å². The van der Waals surface area contributed by atoms with Gasteiger partial charge in [0.05, 0.1) is 0 Å². The molecule has 5 rings (SSSR count). The monoisotopic (exact) mass is 442 g/mol. The summed E-state index contributed by atoms with van der Waals surface area (Å²) in [5, 5.41) is 10.1. The molecule has 0 aromatic heterocycles. The van der Waals surface area contributed by atoms with Crippen molar-refractivity contribution in [2.75, 3.05) is 6.61 Å². The lowest BCUT2D eigenvalue weighted by atomic mass is 9.32. The summed E-state index contributed by atoms with van der Waals surface area (Å²) < 4.78 is 0. The zero-order chi connectivity index (χ0) is 23.3. The Kier molecular flexibility index (Phi) is 5.17. The normalized spacial score (nSPS) is 55.4. The maximum Gasteiger partial charge on any atom is 0.138 e. The average Bonchev–Trinajstić information content (AvgIpc) is 3.09. The minimum absolute atomic E-state index is 0.148. The zero-order valence-corrected chi connectivity index (χ0v) is 22.1. The molecule has 0 amide bonds. The molecule has 182 valence electrons. The molecule has 0 unspecified atom stereocenters. The van der Waals surface area contributed by atoms with Crippen LogP contribution in [-0.4, -0.2) is 17.5 Å². The Morgan fingerprint density at radius 1 is 0.844 bits per heavy atom. The van der Waals surface area contributed by atoms with Gasteiger partial charge < -0.3 is 5.11 Å². The van der Waals surface area contributed by atoms with Gasteiger partial charge in [0.25, 0.3) is 0 Å². The van der Waals surface area contributed by atoms with Crippen LogP contribution in [0.15, 0.2) is 0 Å². The first-order chi connectivity index (χ1) is 14.8. The Morgan fingerprint density at radius 2 is 1.56 bits per heavy atom. The number of ketones is 1. The molecule has 0 aliphatic heterocycles. The van der Waals surface area contributed by atoms with E-state index in [-0.39, 0.29) is 5.41 Å².